The molecule has 3 heteroatoms. The molecule has 0 radical (unpaired) electrons. The van der Waals surface area contributed by atoms with Crippen molar-refractivity contribution in [2.24, 2.45) is 0 Å². The first-order valence-electron chi connectivity index (χ1n) is 7.53. The molecule has 2 nitrogen and oxygen atoms in total. The van der Waals surface area contributed by atoms with Gasteiger partial charge in [0.25, 0.3) is 0 Å². The lowest BCUT2D eigenvalue weighted by Gasteiger charge is -2.10. The lowest BCUT2D eigenvalue weighted by Crippen LogP contribution is -2.29. The molecule has 3 rings (SSSR count). The van der Waals surface area contributed by atoms with E-state index in [1.54, 1.807) is 12.1 Å². The second-order valence-corrected chi connectivity index (χ2v) is 5.33. The van der Waals surface area contributed by atoms with Crippen LogP contribution < -0.4 is 5.46 Å². The van der Waals surface area contributed by atoms with Crippen LogP contribution in [0.2, 0.25) is 0 Å². The molecule has 0 aromatic heterocycles. The van der Waals surface area contributed by atoms with E-state index in [2.05, 4.69) is 30.3 Å². The van der Waals surface area contributed by atoms with Crippen LogP contribution in [0.5, 0.6) is 0 Å². The van der Waals surface area contributed by atoms with Gasteiger partial charge in [-0.15, -0.1) is 0 Å². The van der Waals surface area contributed by atoms with Gasteiger partial charge in [0.1, 0.15) is 0 Å². The van der Waals surface area contributed by atoms with Crippen molar-refractivity contribution >= 4 is 24.2 Å². The third-order valence-electron chi connectivity index (χ3n) is 3.72. The lowest BCUT2D eigenvalue weighted by molar-refractivity contribution is 0.426. The molecule has 23 heavy (non-hydrogen) atoms. The van der Waals surface area contributed by atoms with Crippen molar-refractivity contribution in [1.29, 1.82) is 0 Å². The predicted octanol–water partition coefficient (Wildman–Crippen LogP) is 2.96. The topological polar surface area (TPSA) is 40.5 Å². The van der Waals surface area contributed by atoms with Gasteiger partial charge in [0.2, 0.25) is 0 Å². The highest BCUT2D eigenvalue weighted by molar-refractivity contribution is 6.58. The highest BCUT2D eigenvalue weighted by Gasteiger charge is 2.11. The van der Waals surface area contributed by atoms with Gasteiger partial charge in [0.05, 0.1) is 0 Å². The Morgan fingerprint density at radius 2 is 1.17 bits per heavy atom. The molecule has 0 aliphatic carbocycles. The van der Waals surface area contributed by atoms with Crippen LogP contribution in [-0.4, -0.2) is 17.2 Å². The van der Waals surface area contributed by atoms with Crippen molar-refractivity contribution in [3.05, 3.63) is 102 Å². The summed E-state index contributed by atoms with van der Waals surface area (Å²) in [6.45, 7) is 0. The van der Waals surface area contributed by atoms with Gasteiger partial charge in [-0.3, -0.25) is 0 Å². The zero-order valence-electron chi connectivity index (χ0n) is 12.6. The molecule has 0 saturated carbocycles. The molecule has 0 fully saturated rings. The summed E-state index contributed by atoms with van der Waals surface area (Å²) in [5, 5.41) is 18.5. The minimum Gasteiger partial charge on any atom is -0.423 e. The second-order valence-electron chi connectivity index (χ2n) is 5.33. The molecule has 2 N–H and O–H groups in total. The van der Waals surface area contributed by atoms with Crippen LogP contribution in [0, 0.1) is 0 Å². The third kappa shape index (κ3) is 3.78. The molecule has 0 aliphatic rings. The number of benzene rings is 3. The summed E-state index contributed by atoms with van der Waals surface area (Å²) in [4.78, 5) is 0. The Morgan fingerprint density at radius 1 is 0.652 bits per heavy atom. The fraction of sp³-hybridized carbons (Fsp3) is 0. The van der Waals surface area contributed by atoms with E-state index in [0.717, 1.165) is 22.3 Å². The van der Waals surface area contributed by atoms with Crippen LogP contribution in [0.25, 0.3) is 11.6 Å². The summed E-state index contributed by atoms with van der Waals surface area (Å²) < 4.78 is 0. The van der Waals surface area contributed by atoms with Crippen molar-refractivity contribution in [3.8, 4) is 0 Å². The lowest BCUT2D eigenvalue weighted by atomic mass is 9.79. The van der Waals surface area contributed by atoms with E-state index >= 15 is 0 Å². The molecule has 0 atom stereocenters. The molecular weight excluding hydrogens is 283 g/mol. The zero-order chi connectivity index (χ0) is 16.1. The highest BCUT2D eigenvalue weighted by atomic mass is 16.4. The smallest absolute Gasteiger partial charge is 0.423 e. The summed E-state index contributed by atoms with van der Waals surface area (Å²) >= 11 is 0. The van der Waals surface area contributed by atoms with Gasteiger partial charge in [0.15, 0.2) is 0 Å². The largest absolute Gasteiger partial charge is 0.488 e. The maximum atomic E-state index is 9.25. The summed E-state index contributed by atoms with van der Waals surface area (Å²) in [7, 11) is -1.44. The van der Waals surface area contributed by atoms with Gasteiger partial charge in [0, 0.05) is 0 Å². The average molecular weight is 300 g/mol. The molecule has 0 aliphatic heterocycles. The zero-order valence-corrected chi connectivity index (χ0v) is 12.6. The first kappa shape index (κ1) is 15.3. The Hall–Kier alpha value is -2.62. The summed E-state index contributed by atoms with van der Waals surface area (Å²) in [5.41, 5.74) is 4.85. The van der Waals surface area contributed by atoms with Gasteiger partial charge < -0.3 is 10.0 Å². The Kier molecular flexibility index (Phi) is 4.72. The van der Waals surface area contributed by atoms with Crippen LogP contribution >= 0.6 is 0 Å². The molecular formula is C20H17BO2. The van der Waals surface area contributed by atoms with Gasteiger partial charge >= 0.3 is 7.12 Å². The second kappa shape index (κ2) is 7.10. The molecule has 3 aromatic carbocycles. The first-order chi connectivity index (χ1) is 11.2. The van der Waals surface area contributed by atoms with Gasteiger partial charge in [-0.1, -0.05) is 84.9 Å². The quantitative estimate of drug-likeness (QED) is 0.574. The molecule has 112 valence electrons. The van der Waals surface area contributed by atoms with Crippen LogP contribution in [0.3, 0.4) is 0 Å². The van der Waals surface area contributed by atoms with Crippen LogP contribution in [0.15, 0.2) is 84.9 Å². The SMILES string of the molecule is OB(O)c1ccc(C(=Cc2ccccc2)c2ccccc2)cc1. The molecule has 0 amide bonds. The minimum absolute atomic E-state index is 0.487. The Morgan fingerprint density at radius 3 is 1.74 bits per heavy atom. The fourth-order valence-corrected chi connectivity index (χ4v) is 2.50. The fourth-order valence-electron chi connectivity index (χ4n) is 2.50. The van der Waals surface area contributed by atoms with Gasteiger partial charge in [-0.05, 0) is 33.8 Å². The predicted molar refractivity (Wildman–Crippen MR) is 96.1 cm³/mol. The van der Waals surface area contributed by atoms with E-state index in [0.29, 0.717) is 5.46 Å². The molecule has 0 heterocycles. The highest BCUT2D eigenvalue weighted by Crippen LogP contribution is 2.25. The van der Waals surface area contributed by atoms with Crippen LogP contribution in [0.1, 0.15) is 16.7 Å². The van der Waals surface area contributed by atoms with E-state index in [1.807, 2.05) is 48.5 Å². The van der Waals surface area contributed by atoms with E-state index < -0.39 is 7.12 Å². The summed E-state index contributed by atoms with van der Waals surface area (Å²) in [6.07, 6.45) is 2.14. The van der Waals surface area contributed by atoms with Crippen molar-refractivity contribution < 1.29 is 10.0 Å². The molecule has 3 aromatic rings. The summed E-state index contributed by atoms with van der Waals surface area (Å²) in [6, 6.07) is 27.6. The maximum absolute atomic E-state index is 9.25. The number of hydrogen-bond acceptors (Lipinski definition) is 2. The maximum Gasteiger partial charge on any atom is 0.488 e. The third-order valence-corrected chi connectivity index (χ3v) is 3.72. The summed E-state index contributed by atoms with van der Waals surface area (Å²) in [5.74, 6) is 0. The standard InChI is InChI=1S/C20H17BO2/c22-21(23)19-13-11-18(12-14-19)20(17-9-5-2-6-10-17)15-16-7-3-1-4-8-16/h1-15,22-23H. The van der Waals surface area contributed by atoms with Crippen molar-refractivity contribution in [2.45, 2.75) is 0 Å². The normalized spacial score (nSPS) is 11.3. The van der Waals surface area contributed by atoms with Crippen LogP contribution in [-0.2, 0) is 0 Å². The molecule has 0 spiro atoms. The van der Waals surface area contributed by atoms with Crippen molar-refractivity contribution in [1.82, 2.24) is 0 Å². The van der Waals surface area contributed by atoms with E-state index in [1.165, 1.54) is 0 Å². The van der Waals surface area contributed by atoms with Crippen LogP contribution in [0.4, 0.5) is 0 Å². The monoisotopic (exact) mass is 300 g/mol. The Labute approximate surface area is 136 Å². The van der Waals surface area contributed by atoms with E-state index in [4.69, 9.17) is 0 Å². The Balaban J connectivity index is 2.07. The van der Waals surface area contributed by atoms with Gasteiger partial charge in [-0.2, -0.15) is 0 Å². The average Bonchev–Trinajstić information content (AvgIpc) is 2.61. The Bertz CT molecular complexity index is 779. The van der Waals surface area contributed by atoms with Gasteiger partial charge in [-0.25, -0.2) is 0 Å². The van der Waals surface area contributed by atoms with Crippen molar-refractivity contribution in [3.63, 3.8) is 0 Å². The van der Waals surface area contributed by atoms with Crippen molar-refractivity contribution in [2.75, 3.05) is 0 Å². The van der Waals surface area contributed by atoms with E-state index in [-0.39, 0.29) is 0 Å². The molecule has 0 bridgehead atoms. The van der Waals surface area contributed by atoms with E-state index in [9.17, 15) is 10.0 Å². The molecule has 0 saturated heterocycles. The minimum atomic E-state index is -1.44. The number of hydrogen-bond donors (Lipinski definition) is 2. The first-order valence-corrected chi connectivity index (χ1v) is 7.53. The number of rotatable bonds is 4. The molecule has 0 unspecified atom stereocenters.